The van der Waals surface area contributed by atoms with Crippen molar-refractivity contribution in [3.8, 4) is 0 Å². The van der Waals surface area contributed by atoms with Gasteiger partial charge in [-0.05, 0) is 13.8 Å². The first kappa shape index (κ1) is 12.7. The van der Waals surface area contributed by atoms with E-state index in [9.17, 15) is 10.1 Å². The van der Waals surface area contributed by atoms with Crippen LogP contribution in [0.15, 0.2) is 16.8 Å². The van der Waals surface area contributed by atoms with Crippen LogP contribution in [0.4, 0.5) is 17.5 Å². The lowest BCUT2D eigenvalue weighted by Crippen LogP contribution is -2.11. The summed E-state index contributed by atoms with van der Waals surface area (Å²) in [6.07, 6.45) is 2.65. The van der Waals surface area contributed by atoms with Gasteiger partial charge in [0, 0.05) is 0 Å². The molecule has 9 heteroatoms. The number of aromatic nitrogens is 3. The lowest BCUT2D eigenvalue weighted by Gasteiger charge is -2.10. The second-order valence-corrected chi connectivity index (χ2v) is 3.90. The van der Waals surface area contributed by atoms with E-state index in [-0.39, 0.29) is 23.5 Å². The molecule has 0 aliphatic heterocycles. The fourth-order valence-electron chi connectivity index (χ4n) is 1.43. The molecule has 0 spiro atoms. The number of nitro groups is 1. The van der Waals surface area contributed by atoms with Gasteiger partial charge in [0.2, 0.25) is 17.7 Å². The van der Waals surface area contributed by atoms with E-state index in [0.717, 1.165) is 6.20 Å². The molecule has 1 atom stereocenters. The third kappa shape index (κ3) is 2.76. The Kier molecular flexibility index (Phi) is 3.27. The standard InChI is InChI=1S/C10H12N6O3/c1-5-3-12-9(19-5)6(2)14-10-13-4-7(16(17)18)8(11)15-10/h3-4,6H,1-2H3,(H3,11,13,14,15). The van der Waals surface area contributed by atoms with Crippen molar-refractivity contribution in [2.24, 2.45) is 0 Å². The Morgan fingerprint density at radius 2 is 2.21 bits per heavy atom. The van der Waals surface area contributed by atoms with Crippen LogP contribution in [0.5, 0.6) is 0 Å². The van der Waals surface area contributed by atoms with Gasteiger partial charge in [0.15, 0.2) is 0 Å². The average molecular weight is 264 g/mol. The maximum atomic E-state index is 10.6. The Balaban J connectivity index is 2.15. The Bertz CT molecular complexity index is 611. The van der Waals surface area contributed by atoms with E-state index in [4.69, 9.17) is 10.2 Å². The summed E-state index contributed by atoms with van der Waals surface area (Å²) >= 11 is 0. The van der Waals surface area contributed by atoms with Crippen LogP contribution >= 0.6 is 0 Å². The number of anilines is 2. The summed E-state index contributed by atoms with van der Waals surface area (Å²) in [6.45, 7) is 3.58. The molecule has 2 heterocycles. The van der Waals surface area contributed by atoms with Gasteiger partial charge in [0.05, 0.1) is 11.1 Å². The van der Waals surface area contributed by atoms with Crippen LogP contribution in [-0.4, -0.2) is 19.9 Å². The summed E-state index contributed by atoms with van der Waals surface area (Å²) in [5.41, 5.74) is 5.14. The fourth-order valence-corrected chi connectivity index (χ4v) is 1.43. The van der Waals surface area contributed by atoms with E-state index < -0.39 is 4.92 Å². The summed E-state index contributed by atoms with van der Waals surface area (Å²) in [6, 6.07) is -0.283. The summed E-state index contributed by atoms with van der Waals surface area (Å²) in [5.74, 6) is 1.13. The largest absolute Gasteiger partial charge is 0.444 e. The third-order valence-electron chi connectivity index (χ3n) is 2.35. The maximum absolute atomic E-state index is 10.6. The molecule has 2 rings (SSSR count). The van der Waals surface area contributed by atoms with Crippen LogP contribution in [0.3, 0.4) is 0 Å². The molecule has 0 saturated heterocycles. The summed E-state index contributed by atoms with van der Waals surface area (Å²) in [7, 11) is 0. The van der Waals surface area contributed by atoms with E-state index in [2.05, 4.69) is 20.3 Å². The van der Waals surface area contributed by atoms with Crippen molar-refractivity contribution in [3.05, 3.63) is 34.2 Å². The first-order valence-electron chi connectivity index (χ1n) is 5.43. The number of hydrogen-bond donors (Lipinski definition) is 2. The number of rotatable bonds is 4. The lowest BCUT2D eigenvalue weighted by atomic mass is 10.3. The summed E-state index contributed by atoms with van der Waals surface area (Å²) in [5, 5.41) is 13.5. The normalized spacial score (nSPS) is 12.1. The SMILES string of the molecule is Cc1cnc(C(C)Nc2ncc([N+](=O)[O-])c(N)n2)o1. The topological polar surface area (TPSA) is 133 Å². The molecule has 100 valence electrons. The minimum absolute atomic E-state index is 0.173. The molecule has 2 aromatic heterocycles. The highest BCUT2D eigenvalue weighted by Gasteiger charge is 2.17. The van der Waals surface area contributed by atoms with Crippen LogP contribution in [0, 0.1) is 17.0 Å². The van der Waals surface area contributed by atoms with Gasteiger partial charge in [0.1, 0.15) is 18.0 Å². The highest BCUT2D eigenvalue weighted by molar-refractivity contribution is 5.53. The number of hydrogen-bond acceptors (Lipinski definition) is 8. The second kappa shape index (κ2) is 4.88. The molecule has 0 radical (unpaired) electrons. The zero-order valence-corrected chi connectivity index (χ0v) is 10.3. The van der Waals surface area contributed by atoms with Crippen molar-refractivity contribution in [1.29, 1.82) is 0 Å². The predicted octanol–water partition coefficient (Wildman–Crippen LogP) is 1.44. The lowest BCUT2D eigenvalue weighted by molar-refractivity contribution is -0.384. The Morgan fingerprint density at radius 1 is 1.47 bits per heavy atom. The smallest absolute Gasteiger partial charge is 0.329 e. The van der Waals surface area contributed by atoms with Crippen LogP contribution in [0.1, 0.15) is 24.6 Å². The molecule has 0 bridgehead atoms. The highest BCUT2D eigenvalue weighted by Crippen LogP contribution is 2.21. The number of nitrogens with two attached hydrogens (primary N) is 1. The highest BCUT2D eigenvalue weighted by atomic mass is 16.6. The molecule has 0 aliphatic carbocycles. The number of nitrogens with zero attached hydrogens (tertiary/aromatic N) is 4. The van der Waals surface area contributed by atoms with E-state index in [1.54, 1.807) is 20.0 Å². The molecule has 0 aliphatic rings. The van der Waals surface area contributed by atoms with Crippen molar-refractivity contribution in [2.45, 2.75) is 19.9 Å². The summed E-state index contributed by atoms with van der Waals surface area (Å²) in [4.78, 5) is 21.6. The van der Waals surface area contributed by atoms with Gasteiger partial charge in [-0.1, -0.05) is 0 Å². The predicted molar refractivity (Wildman–Crippen MR) is 66.4 cm³/mol. The zero-order chi connectivity index (χ0) is 14.0. The van der Waals surface area contributed by atoms with Gasteiger partial charge in [-0.3, -0.25) is 10.1 Å². The van der Waals surface area contributed by atoms with Crippen molar-refractivity contribution < 1.29 is 9.34 Å². The van der Waals surface area contributed by atoms with Gasteiger partial charge in [0.25, 0.3) is 0 Å². The van der Waals surface area contributed by atoms with E-state index in [1.807, 2.05) is 0 Å². The molecular weight excluding hydrogens is 252 g/mol. The number of nitrogens with one attached hydrogen (secondary N) is 1. The average Bonchev–Trinajstić information content (AvgIpc) is 2.75. The zero-order valence-electron chi connectivity index (χ0n) is 10.3. The van der Waals surface area contributed by atoms with Crippen molar-refractivity contribution >= 4 is 17.5 Å². The van der Waals surface area contributed by atoms with Crippen molar-refractivity contribution in [3.63, 3.8) is 0 Å². The molecule has 0 aromatic carbocycles. The second-order valence-electron chi connectivity index (χ2n) is 3.90. The molecule has 0 saturated carbocycles. The molecule has 2 aromatic rings. The molecule has 9 nitrogen and oxygen atoms in total. The maximum Gasteiger partial charge on any atom is 0.329 e. The molecule has 0 fully saturated rings. The molecule has 0 amide bonds. The molecule has 3 N–H and O–H groups in total. The number of nitrogen functional groups attached to an aromatic ring is 1. The first-order valence-corrected chi connectivity index (χ1v) is 5.43. The van der Waals surface area contributed by atoms with Crippen LogP contribution in [0.25, 0.3) is 0 Å². The van der Waals surface area contributed by atoms with Gasteiger partial charge in [-0.15, -0.1) is 0 Å². The molecular formula is C10H12N6O3. The van der Waals surface area contributed by atoms with Crippen LogP contribution in [0.2, 0.25) is 0 Å². The van der Waals surface area contributed by atoms with E-state index in [0.29, 0.717) is 11.7 Å². The summed E-state index contributed by atoms with van der Waals surface area (Å²) < 4.78 is 5.34. The monoisotopic (exact) mass is 264 g/mol. The molecule has 1 unspecified atom stereocenters. The number of aryl methyl sites for hydroxylation is 1. The van der Waals surface area contributed by atoms with E-state index in [1.165, 1.54) is 0 Å². The Hall–Kier alpha value is -2.71. The van der Waals surface area contributed by atoms with E-state index >= 15 is 0 Å². The Morgan fingerprint density at radius 3 is 2.74 bits per heavy atom. The van der Waals surface area contributed by atoms with Crippen molar-refractivity contribution in [1.82, 2.24) is 15.0 Å². The third-order valence-corrected chi connectivity index (χ3v) is 2.35. The van der Waals surface area contributed by atoms with Gasteiger partial charge < -0.3 is 15.5 Å². The first-order chi connectivity index (χ1) is 8.97. The van der Waals surface area contributed by atoms with Gasteiger partial charge in [-0.25, -0.2) is 9.97 Å². The minimum atomic E-state index is -0.639. The van der Waals surface area contributed by atoms with Crippen molar-refractivity contribution in [2.75, 3.05) is 11.1 Å². The minimum Gasteiger partial charge on any atom is -0.444 e. The van der Waals surface area contributed by atoms with Gasteiger partial charge in [-0.2, -0.15) is 4.98 Å². The fraction of sp³-hybridized carbons (Fsp3) is 0.300. The number of oxazole rings is 1. The Labute approximate surface area is 108 Å². The van der Waals surface area contributed by atoms with Gasteiger partial charge >= 0.3 is 5.69 Å². The molecule has 19 heavy (non-hydrogen) atoms. The quantitative estimate of drug-likeness (QED) is 0.625. The van der Waals surface area contributed by atoms with Crippen LogP contribution in [-0.2, 0) is 0 Å². The van der Waals surface area contributed by atoms with Crippen LogP contribution < -0.4 is 11.1 Å².